The largest absolute Gasteiger partial charge is 0.353 e. The van der Waals surface area contributed by atoms with Crippen LogP contribution in [0, 0.1) is 5.95 Å². The van der Waals surface area contributed by atoms with E-state index in [1.165, 1.54) is 12.1 Å². The second-order valence-corrected chi connectivity index (χ2v) is 6.72. The number of rotatable bonds is 4. The molecule has 0 bridgehead atoms. The van der Waals surface area contributed by atoms with Gasteiger partial charge >= 0.3 is 0 Å². The van der Waals surface area contributed by atoms with Crippen LogP contribution in [0.3, 0.4) is 0 Å². The first kappa shape index (κ1) is 17.8. The van der Waals surface area contributed by atoms with Gasteiger partial charge in [0.2, 0.25) is 5.95 Å². The van der Waals surface area contributed by atoms with Crippen LogP contribution in [0.2, 0.25) is 0 Å². The predicted molar refractivity (Wildman–Crippen MR) is 107 cm³/mol. The first-order valence-corrected chi connectivity index (χ1v) is 8.89. The zero-order chi connectivity index (χ0) is 19.7. The normalized spacial score (nSPS) is 11.1. The monoisotopic (exact) mass is 375 g/mol. The van der Waals surface area contributed by atoms with E-state index >= 15 is 0 Å². The van der Waals surface area contributed by atoms with E-state index in [1.807, 2.05) is 26.0 Å². The number of aromatic nitrogens is 4. The molecule has 0 saturated heterocycles. The summed E-state index contributed by atoms with van der Waals surface area (Å²) in [6, 6.07) is 9.77. The van der Waals surface area contributed by atoms with Gasteiger partial charge in [-0.3, -0.25) is 14.8 Å². The molecule has 0 radical (unpaired) electrons. The van der Waals surface area contributed by atoms with E-state index in [1.54, 1.807) is 30.7 Å². The standard InChI is InChI=1S/C21H18FN5O/c1-12(2)20-18(25-17-7-9-24-15-6-8-23-11-14(15)17)10-13(21(28)27-20)16-4-3-5-19(22)26-16/h3-12H,1-2H3,(H,24,25)(H,27,28). The van der Waals surface area contributed by atoms with E-state index < -0.39 is 5.95 Å². The van der Waals surface area contributed by atoms with Gasteiger partial charge in [0.1, 0.15) is 0 Å². The molecule has 140 valence electrons. The molecule has 7 heteroatoms. The SMILES string of the molecule is CC(C)c1[nH]c(=O)c(-c2cccc(F)n2)cc1Nc1ccnc2ccncc12. The minimum absolute atomic E-state index is 0.0657. The van der Waals surface area contributed by atoms with Gasteiger partial charge in [0.25, 0.3) is 5.56 Å². The molecular weight excluding hydrogens is 357 g/mol. The average molecular weight is 375 g/mol. The summed E-state index contributed by atoms with van der Waals surface area (Å²) in [6.07, 6.45) is 5.13. The number of pyridine rings is 4. The van der Waals surface area contributed by atoms with Crippen LogP contribution in [0.15, 0.2) is 59.8 Å². The molecule has 0 aliphatic heterocycles. The maximum Gasteiger partial charge on any atom is 0.257 e. The summed E-state index contributed by atoms with van der Waals surface area (Å²) >= 11 is 0. The number of H-pyrrole nitrogens is 1. The Labute approximate surface area is 160 Å². The Morgan fingerprint density at radius 3 is 2.75 bits per heavy atom. The number of halogens is 1. The third-order valence-corrected chi connectivity index (χ3v) is 4.45. The lowest BCUT2D eigenvalue weighted by atomic mass is 10.0. The summed E-state index contributed by atoms with van der Waals surface area (Å²) in [5.74, 6) is -0.568. The number of nitrogens with one attached hydrogen (secondary N) is 2. The van der Waals surface area contributed by atoms with Gasteiger partial charge < -0.3 is 10.3 Å². The van der Waals surface area contributed by atoms with Crippen LogP contribution < -0.4 is 10.9 Å². The van der Waals surface area contributed by atoms with Gasteiger partial charge in [-0.05, 0) is 36.2 Å². The Bertz CT molecular complexity index is 1210. The number of fused-ring (bicyclic) bond motifs is 1. The lowest BCUT2D eigenvalue weighted by molar-refractivity contribution is 0.585. The van der Waals surface area contributed by atoms with Gasteiger partial charge in [-0.25, -0.2) is 4.98 Å². The van der Waals surface area contributed by atoms with Crippen molar-refractivity contribution < 1.29 is 4.39 Å². The molecule has 0 amide bonds. The Morgan fingerprint density at radius 1 is 1.11 bits per heavy atom. The van der Waals surface area contributed by atoms with E-state index in [4.69, 9.17) is 0 Å². The molecule has 0 unspecified atom stereocenters. The Balaban J connectivity index is 1.87. The van der Waals surface area contributed by atoms with Crippen molar-refractivity contribution in [2.24, 2.45) is 0 Å². The molecule has 0 aromatic carbocycles. The molecule has 0 saturated carbocycles. The fraction of sp³-hybridized carbons (Fsp3) is 0.143. The van der Waals surface area contributed by atoms with E-state index in [-0.39, 0.29) is 17.2 Å². The average Bonchev–Trinajstić information content (AvgIpc) is 2.69. The van der Waals surface area contributed by atoms with Gasteiger partial charge in [0.15, 0.2) is 0 Å². The summed E-state index contributed by atoms with van der Waals surface area (Å²) in [5, 5.41) is 4.23. The molecule has 0 fully saturated rings. The minimum atomic E-state index is -0.634. The van der Waals surface area contributed by atoms with Gasteiger partial charge in [0.05, 0.1) is 28.1 Å². The number of anilines is 2. The van der Waals surface area contributed by atoms with Crippen LogP contribution in [0.5, 0.6) is 0 Å². The molecule has 0 spiro atoms. The van der Waals surface area contributed by atoms with Gasteiger partial charge in [-0.15, -0.1) is 0 Å². The maximum absolute atomic E-state index is 13.6. The fourth-order valence-corrected chi connectivity index (χ4v) is 3.10. The molecular formula is C21H18FN5O. The third-order valence-electron chi connectivity index (χ3n) is 4.45. The molecule has 6 nitrogen and oxygen atoms in total. The minimum Gasteiger partial charge on any atom is -0.353 e. The van der Waals surface area contributed by atoms with Crippen LogP contribution >= 0.6 is 0 Å². The Kier molecular flexibility index (Phi) is 4.57. The molecule has 0 atom stereocenters. The van der Waals surface area contributed by atoms with Crippen molar-refractivity contribution in [1.82, 2.24) is 19.9 Å². The van der Waals surface area contributed by atoms with E-state index in [0.29, 0.717) is 11.3 Å². The van der Waals surface area contributed by atoms with Crippen LogP contribution in [0.25, 0.3) is 22.2 Å². The zero-order valence-electron chi connectivity index (χ0n) is 15.4. The number of aromatic amines is 1. The number of hydrogen-bond donors (Lipinski definition) is 2. The summed E-state index contributed by atoms with van der Waals surface area (Å²) in [7, 11) is 0. The van der Waals surface area contributed by atoms with Crippen molar-refractivity contribution in [2.75, 3.05) is 5.32 Å². The van der Waals surface area contributed by atoms with Crippen molar-refractivity contribution in [1.29, 1.82) is 0 Å². The Morgan fingerprint density at radius 2 is 1.96 bits per heavy atom. The van der Waals surface area contributed by atoms with Crippen molar-refractivity contribution in [3.05, 3.63) is 77.0 Å². The molecule has 4 aromatic rings. The highest BCUT2D eigenvalue weighted by Gasteiger charge is 2.15. The lowest BCUT2D eigenvalue weighted by Gasteiger charge is -2.17. The van der Waals surface area contributed by atoms with Crippen LogP contribution in [0.4, 0.5) is 15.8 Å². The third kappa shape index (κ3) is 3.34. The molecule has 28 heavy (non-hydrogen) atoms. The van der Waals surface area contributed by atoms with Crippen LogP contribution in [-0.4, -0.2) is 19.9 Å². The van der Waals surface area contributed by atoms with Gasteiger partial charge in [-0.1, -0.05) is 19.9 Å². The highest BCUT2D eigenvalue weighted by Crippen LogP contribution is 2.30. The second kappa shape index (κ2) is 7.19. The maximum atomic E-state index is 13.6. The quantitative estimate of drug-likeness (QED) is 0.517. The molecule has 2 N–H and O–H groups in total. The molecule has 4 aromatic heterocycles. The van der Waals surface area contributed by atoms with Crippen molar-refractivity contribution in [3.63, 3.8) is 0 Å². The zero-order valence-corrected chi connectivity index (χ0v) is 15.4. The first-order valence-electron chi connectivity index (χ1n) is 8.89. The van der Waals surface area contributed by atoms with Crippen LogP contribution in [0.1, 0.15) is 25.5 Å². The summed E-state index contributed by atoms with van der Waals surface area (Å²) in [4.78, 5) is 27.9. The predicted octanol–water partition coefficient (Wildman–Crippen LogP) is 4.39. The smallest absolute Gasteiger partial charge is 0.257 e. The van der Waals surface area contributed by atoms with Crippen molar-refractivity contribution in [2.45, 2.75) is 19.8 Å². The fourth-order valence-electron chi connectivity index (χ4n) is 3.10. The van der Waals surface area contributed by atoms with Crippen molar-refractivity contribution >= 4 is 22.3 Å². The van der Waals surface area contributed by atoms with Gasteiger partial charge in [-0.2, -0.15) is 4.39 Å². The molecule has 0 aliphatic carbocycles. The number of hydrogen-bond acceptors (Lipinski definition) is 5. The van der Waals surface area contributed by atoms with E-state index in [0.717, 1.165) is 22.3 Å². The molecule has 4 rings (SSSR count). The lowest BCUT2D eigenvalue weighted by Crippen LogP contribution is -2.15. The van der Waals surface area contributed by atoms with E-state index in [9.17, 15) is 9.18 Å². The van der Waals surface area contributed by atoms with Crippen LogP contribution in [-0.2, 0) is 0 Å². The summed E-state index contributed by atoms with van der Waals surface area (Å²) in [6.45, 7) is 3.98. The second-order valence-electron chi connectivity index (χ2n) is 6.72. The number of nitrogens with zero attached hydrogens (tertiary/aromatic N) is 3. The first-order chi connectivity index (χ1) is 13.5. The highest BCUT2D eigenvalue weighted by molar-refractivity contribution is 5.92. The van der Waals surface area contributed by atoms with Crippen molar-refractivity contribution in [3.8, 4) is 11.3 Å². The van der Waals surface area contributed by atoms with Gasteiger partial charge in [0, 0.05) is 29.7 Å². The van der Waals surface area contributed by atoms with E-state index in [2.05, 4.69) is 25.3 Å². The molecule has 0 aliphatic rings. The summed E-state index contributed by atoms with van der Waals surface area (Å²) in [5.41, 5.74) is 3.34. The molecule has 4 heterocycles. The highest BCUT2D eigenvalue weighted by atomic mass is 19.1. The topological polar surface area (TPSA) is 83.6 Å². The Hall–Kier alpha value is -3.61. The summed E-state index contributed by atoms with van der Waals surface area (Å²) < 4.78 is 13.6.